The van der Waals surface area contributed by atoms with Gasteiger partial charge in [-0.05, 0) is 45.8 Å². The lowest BCUT2D eigenvalue weighted by atomic mass is 10.2. The van der Waals surface area contributed by atoms with E-state index in [1.54, 1.807) is 24.3 Å². The van der Waals surface area contributed by atoms with Crippen molar-refractivity contribution in [3.63, 3.8) is 0 Å². The molecule has 1 heterocycles. The van der Waals surface area contributed by atoms with Crippen LogP contribution in [0.2, 0.25) is 10.0 Å². The summed E-state index contributed by atoms with van der Waals surface area (Å²) in [6.45, 7) is 0. The molecule has 0 aliphatic heterocycles. The van der Waals surface area contributed by atoms with Crippen molar-refractivity contribution in [1.29, 1.82) is 0 Å². The molecule has 9 heteroatoms. The molecule has 0 unspecified atom stereocenters. The number of amides is 1. The molecule has 1 aromatic heterocycles. The lowest BCUT2D eigenvalue weighted by molar-refractivity contribution is 0.102. The fourth-order valence-corrected chi connectivity index (χ4v) is 4.68. The Kier molecular flexibility index (Phi) is 6.35. The second-order valence-electron chi connectivity index (χ2n) is 4.83. The predicted octanol–water partition coefficient (Wildman–Crippen LogP) is 6.15. The maximum Gasteiger partial charge on any atom is 0.258 e. The second kappa shape index (κ2) is 8.51. The maximum absolute atomic E-state index is 12.3. The van der Waals surface area contributed by atoms with Gasteiger partial charge in [0.15, 0.2) is 4.34 Å². The van der Waals surface area contributed by atoms with E-state index < -0.39 is 0 Å². The van der Waals surface area contributed by atoms with Crippen LogP contribution in [0.25, 0.3) is 0 Å². The largest absolute Gasteiger partial charge is 0.296 e. The lowest BCUT2D eigenvalue weighted by Gasteiger charge is -2.03. The van der Waals surface area contributed by atoms with E-state index in [2.05, 4.69) is 31.4 Å². The van der Waals surface area contributed by atoms with Crippen molar-refractivity contribution >= 4 is 73.3 Å². The van der Waals surface area contributed by atoms with Crippen LogP contribution in [0.5, 0.6) is 0 Å². The molecule has 1 amide bonds. The standard InChI is InChI=1S/C16H10BrCl2N3OS2/c17-12-4-2-1-3-11(12)14(23)20-15-21-22-16(25-15)24-8-9-5-6-10(18)7-13(9)19/h1-7H,8H2,(H,20,21,23). The summed E-state index contributed by atoms with van der Waals surface area (Å²) in [6, 6.07) is 12.6. The van der Waals surface area contributed by atoms with Crippen LogP contribution in [0.3, 0.4) is 0 Å². The van der Waals surface area contributed by atoms with Crippen LogP contribution in [0, 0.1) is 0 Å². The molecular weight excluding hydrogens is 465 g/mol. The zero-order valence-electron chi connectivity index (χ0n) is 12.5. The Balaban J connectivity index is 1.62. The smallest absolute Gasteiger partial charge is 0.258 e. The number of carbonyl (C=O) groups is 1. The molecule has 0 fully saturated rings. The van der Waals surface area contributed by atoms with Crippen LogP contribution in [0.4, 0.5) is 5.13 Å². The number of aromatic nitrogens is 2. The van der Waals surface area contributed by atoms with Crippen molar-refractivity contribution in [2.45, 2.75) is 10.1 Å². The van der Waals surface area contributed by atoms with E-state index in [0.29, 0.717) is 26.5 Å². The van der Waals surface area contributed by atoms with Gasteiger partial charge in [0, 0.05) is 20.3 Å². The average molecular weight is 475 g/mol. The Morgan fingerprint density at radius 3 is 2.76 bits per heavy atom. The first-order chi connectivity index (χ1) is 12.0. The maximum atomic E-state index is 12.3. The molecule has 4 nitrogen and oxygen atoms in total. The lowest BCUT2D eigenvalue weighted by Crippen LogP contribution is -2.12. The Morgan fingerprint density at radius 1 is 1.20 bits per heavy atom. The number of thioether (sulfide) groups is 1. The highest BCUT2D eigenvalue weighted by Crippen LogP contribution is 2.31. The fraction of sp³-hybridized carbons (Fsp3) is 0.0625. The number of halogens is 3. The first-order valence-electron chi connectivity index (χ1n) is 6.99. The van der Waals surface area contributed by atoms with Gasteiger partial charge in [-0.1, -0.05) is 64.5 Å². The first-order valence-corrected chi connectivity index (χ1v) is 10.3. The molecule has 0 atom stereocenters. The molecule has 0 aliphatic rings. The van der Waals surface area contributed by atoms with Gasteiger partial charge in [0.2, 0.25) is 5.13 Å². The molecule has 0 spiro atoms. The second-order valence-corrected chi connectivity index (χ2v) is 8.73. The van der Waals surface area contributed by atoms with E-state index in [1.807, 2.05) is 18.2 Å². The number of nitrogens with zero attached hydrogens (tertiary/aromatic N) is 2. The van der Waals surface area contributed by atoms with Crippen molar-refractivity contribution in [3.8, 4) is 0 Å². The summed E-state index contributed by atoms with van der Waals surface area (Å²) in [6.07, 6.45) is 0. The molecular formula is C16H10BrCl2N3OS2. The highest BCUT2D eigenvalue weighted by molar-refractivity contribution is 9.10. The molecule has 2 aromatic carbocycles. The summed E-state index contributed by atoms with van der Waals surface area (Å²) >= 11 is 18.2. The van der Waals surface area contributed by atoms with Crippen LogP contribution in [0.1, 0.15) is 15.9 Å². The summed E-state index contributed by atoms with van der Waals surface area (Å²) in [4.78, 5) is 12.3. The zero-order chi connectivity index (χ0) is 17.8. The van der Waals surface area contributed by atoms with Crippen LogP contribution >= 0.6 is 62.2 Å². The molecule has 0 radical (unpaired) electrons. The number of anilines is 1. The molecule has 3 aromatic rings. The predicted molar refractivity (Wildman–Crippen MR) is 108 cm³/mol. The Morgan fingerprint density at radius 2 is 2.00 bits per heavy atom. The van der Waals surface area contributed by atoms with Gasteiger partial charge in [-0.3, -0.25) is 10.1 Å². The van der Waals surface area contributed by atoms with Crippen molar-refractivity contribution < 1.29 is 4.79 Å². The number of nitrogens with one attached hydrogen (secondary N) is 1. The number of carbonyl (C=O) groups excluding carboxylic acids is 1. The van der Waals surface area contributed by atoms with E-state index in [9.17, 15) is 4.79 Å². The highest BCUT2D eigenvalue weighted by Gasteiger charge is 2.13. The average Bonchev–Trinajstić information content (AvgIpc) is 3.02. The number of rotatable bonds is 5. The highest BCUT2D eigenvalue weighted by atomic mass is 79.9. The van der Waals surface area contributed by atoms with Crippen LogP contribution in [-0.2, 0) is 5.75 Å². The normalized spacial score (nSPS) is 10.7. The fourth-order valence-electron chi connectivity index (χ4n) is 1.91. The molecule has 3 rings (SSSR count). The number of hydrogen-bond donors (Lipinski definition) is 1. The van der Waals surface area contributed by atoms with Gasteiger partial charge in [-0.2, -0.15) is 0 Å². The van der Waals surface area contributed by atoms with Crippen molar-refractivity contribution in [1.82, 2.24) is 10.2 Å². The quantitative estimate of drug-likeness (QED) is 0.355. The minimum absolute atomic E-state index is 0.235. The molecule has 0 saturated heterocycles. The first kappa shape index (κ1) is 18.7. The molecule has 128 valence electrons. The van der Waals surface area contributed by atoms with Gasteiger partial charge < -0.3 is 0 Å². The molecule has 0 aliphatic carbocycles. The van der Waals surface area contributed by atoms with Gasteiger partial charge >= 0.3 is 0 Å². The molecule has 0 saturated carbocycles. The third-order valence-electron chi connectivity index (χ3n) is 3.11. The van der Waals surface area contributed by atoms with Crippen molar-refractivity contribution in [3.05, 3.63) is 68.1 Å². The minimum Gasteiger partial charge on any atom is -0.296 e. The summed E-state index contributed by atoms with van der Waals surface area (Å²) in [5.41, 5.74) is 1.50. The van der Waals surface area contributed by atoms with Crippen LogP contribution in [-0.4, -0.2) is 16.1 Å². The van der Waals surface area contributed by atoms with E-state index >= 15 is 0 Å². The molecule has 25 heavy (non-hydrogen) atoms. The van der Waals surface area contributed by atoms with Gasteiger partial charge in [-0.15, -0.1) is 10.2 Å². The third-order valence-corrected chi connectivity index (χ3v) is 6.41. The number of benzene rings is 2. The topological polar surface area (TPSA) is 54.9 Å². The third kappa shape index (κ3) is 4.95. The van der Waals surface area contributed by atoms with E-state index in [0.717, 1.165) is 14.4 Å². The molecule has 0 bridgehead atoms. The van der Waals surface area contributed by atoms with E-state index in [-0.39, 0.29) is 5.91 Å². The monoisotopic (exact) mass is 473 g/mol. The Bertz CT molecular complexity index is 920. The van der Waals surface area contributed by atoms with Crippen LogP contribution in [0.15, 0.2) is 51.3 Å². The van der Waals surface area contributed by atoms with Gasteiger partial charge in [0.05, 0.1) is 5.56 Å². The number of hydrogen-bond acceptors (Lipinski definition) is 5. The zero-order valence-corrected chi connectivity index (χ0v) is 17.2. The summed E-state index contributed by atoms with van der Waals surface area (Å²) in [7, 11) is 0. The van der Waals surface area contributed by atoms with E-state index in [4.69, 9.17) is 23.2 Å². The van der Waals surface area contributed by atoms with Gasteiger partial charge in [0.1, 0.15) is 0 Å². The van der Waals surface area contributed by atoms with Gasteiger partial charge in [0.25, 0.3) is 5.91 Å². The van der Waals surface area contributed by atoms with Gasteiger partial charge in [-0.25, -0.2) is 0 Å². The van der Waals surface area contributed by atoms with Crippen molar-refractivity contribution in [2.75, 3.05) is 5.32 Å². The van der Waals surface area contributed by atoms with Crippen LogP contribution < -0.4 is 5.32 Å². The SMILES string of the molecule is O=C(Nc1nnc(SCc2ccc(Cl)cc2Cl)s1)c1ccccc1Br. The molecule has 1 N–H and O–H groups in total. The Labute approximate surface area is 171 Å². The Hall–Kier alpha value is -1.12. The summed E-state index contributed by atoms with van der Waals surface area (Å²) in [5.74, 6) is 0.406. The van der Waals surface area contributed by atoms with Crippen molar-refractivity contribution in [2.24, 2.45) is 0 Å². The minimum atomic E-state index is -0.235. The van der Waals surface area contributed by atoms with E-state index in [1.165, 1.54) is 23.1 Å². The summed E-state index contributed by atoms with van der Waals surface area (Å²) < 4.78 is 1.47. The summed E-state index contributed by atoms with van der Waals surface area (Å²) in [5, 5.41) is 12.5.